The van der Waals surface area contributed by atoms with E-state index in [0.717, 1.165) is 11.5 Å². The van der Waals surface area contributed by atoms with E-state index in [0.29, 0.717) is 0 Å². The molecule has 0 N–H and O–H groups in total. The number of thioether (sulfide) groups is 1. The van der Waals surface area contributed by atoms with Gasteiger partial charge in [0.1, 0.15) is 0 Å². The van der Waals surface area contributed by atoms with Crippen molar-refractivity contribution in [2.75, 3.05) is 11.5 Å². The Labute approximate surface area is 108 Å². The topological polar surface area (TPSA) is 0 Å². The number of hydrogen-bond acceptors (Lipinski definition) is 1. The molecule has 2 aromatic rings. The van der Waals surface area contributed by atoms with Crippen LogP contribution in [0.25, 0.3) is 10.8 Å². The zero-order valence-electron chi connectivity index (χ0n) is 10.0. The summed E-state index contributed by atoms with van der Waals surface area (Å²) in [6.45, 7) is 7.15. The van der Waals surface area contributed by atoms with Crippen molar-refractivity contribution in [2.45, 2.75) is 0 Å². The van der Waals surface area contributed by atoms with Gasteiger partial charge in [0.05, 0.1) is 0 Å². The van der Waals surface area contributed by atoms with Gasteiger partial charge in [-0.1, -0.05) is 60.7 Å². The van der Waals surface area contributed by atoms with E-state index in [1.807, 2.05) is 23.9 Å². The minimum atomic E-state index is 1.03. The number of rotatable bonds is 4. The molecule has 0 heterocycles. The average molecular weight is 242 g/mol. The van der Waals surface area contributed by atoms with Crippen molar-refractivity contribution in [2.24, 2.45) is 0 Å². The van der Waals surface area contributed by atoms with Crippen molar-refractivity contribution in [1.82, 2.24) is 0 Å². The van der Waals surface area contributed by atoms with E-state index in [-0.39, 0.29) is 0 Å². The fraction of sp³-hybridized carbons (Fsp3) is 0.125. The summed E-state index contributed by atoms with van der Waals surface area (Å²) in [7, 11) is 0. The van der Waals surface area contributed by atoms with Gasteiger partial charge >= 0.3 is 0 Å². The lowest BCUT2D eigenvalue weighted by Crippen LogP contribution is -1.69. The lowest BCUT2D eigenvalue weighted by molar-refractivity contribution is 1.74. The first-order chi connectivity index (χ1) is 8.38. The molecule has 0 spiro atoms. The molecule has 0 atom stereocenters. The Hall–Kier alpha value is -1.47. The van der Waals surface area contributed by atoms with E-state index in [4.69, 9.17) is 0 Å². The second-order valence-corrected chi connectivity index (χ2v) is 4.54. The second kappa shape index (κ2) is 8.66. The fourth-order valence-electron chi connectivity index (χ4n) is 1.37. The number of hydrogen-bond donors (Lipinski definition) is 0. The second-order valence-electron chi connectivity index (χ2n) is 3.46. The molecule has 0 aromatic heterocycles. The molecule has 0 radical (unpaired) electrons. The first-order valence-corrected chi connectivity index (χ1v) is 6.77. The number of fused-ring (bicyclic) bond motifs is 1. The SMILES string of the molecule is C=CCSCC=C.c1ccc2ccccc2c1. The number of benzene rings is 2. The Morgan fingerprint density at radius 2 is 1.12 bits per heavy atom. The summed E-state index contributed by atoms with van der Waals surface area (Å²) in [5, 5.41) is 2.62. The van der Waals surface area contributed by atoms with Gasteiger partial charge in [-0.2, -0.15) is 11.8 Å². The monoisotopic (exact) mass is 242 g/mol. The molecule has 0 bridgehead atoms. The van der Waals surface area contributed by atoms with E-state index < -0.39 is 0 Å². The molecule has 0 fully saturated rings. The molecule has 0 saturated carbocycles. The van der Waals surface area contributed by atoms with Crippen molar-refractivity contribution in [3.8, 4) is 0 Å². The van der Waals surface area contributed by atoms with E-state index >= 15 is 0 Å². The van der Waals surface area contributed by atoms with Crippen LogP contribution in [0.4, 0.5) is 0 Å². The van der Waals surface area contributed by atoms with Gasteiger partial charge in [-0.3, -0.25) is 0 Å². The maximum absolute atomic E-state index is 3.58. The average Bonchev–Trinajstić information content (AvgIpc) is 2.40. The van der Waals surface area contributed by atoms with Crippen molar-refractivity contribution >= 4 is 22.5 Å². The highest BCUT2D eigenvalue weighted by atomic mass is 32.2. The molecular formula is C16H18S. The Morgan fingerprint density at radius 1 is 0.765 bits per heavy atom. The quantitative estimate of drug-likeness (QED) is 0.541. The van der Waals surface area contributed by atoms with Gasteiger partial charge in [-0.15, -0.1) is 13.2 Å². The van der Waals surface area contributed by atoms with Gasteiger partial charge in [-0.05, 0) is 10.8 Å². The van der Waals surface area contributed by atoms with E-state index in [9.17, 15) is 0 Å². The van der Waals surface area contributed by atoms with Crippen LogP contribution in [-0.4, -0.2) is 11.5 Å². The summed E-state index contributed by atoms with van der Waals surface area (Å²) in [6.07, 6.45) is 3.79. The van der Waals surface area contributed by atoms with Crippen LogP contribution >= 0.6 is 11.8 Å². The molecule has 0 aliphatic carbocycles. The first kappa shape index (κ1) is 13.6. The van der Waals surface area contributed by atoms with Gasteiger partial charge in [0, 0.05) is 11.5 Å². The summed E-state index contributed by atoms with van der Waals surface area (Å²) in [6, 6.07) is 16.7. The summed E-state index contributed by atoms with van der Waals surface area (Å²) < 4.78 is 0. The fourth-order valence-corrected chi connectivity index (χ4v) is 1.84. The van der Waals surface area contributed by atoms with Crippen LogP contribution in [0.1, 0.15) is 0 Å². The molecule has 0 aliphatic heterocycles. The van der Waals surface area contributed by atoms with Gasteiger partial charge in [0.25, 0.3) is 0 Å². The van der Waals surface area contributed by atoms with E-state index in [1.54, 1.807) is 0 Å². The Bertz CT molecular complexity index is 386. The molecule has 17 heavy (non-hydrogen) atoms. The van der Waals surface area contributed by atoms with E-state index in [2.05, 4.69) is 61.7 Å². The normalized spacial score (nSPS) is 9.18. The van der Waals surface area contributed by atoms with Crippen LogP contribution in [0.3, 0.4) is 0 Å². The Kier molecular flexibility index (Phi) is 6.92. The summed E-state index contributed by atoms with van der Waals surface area (Å²) in [4.78, 5) is 0. The minimum absolute atomic E-state index is 1.03. The van der Waals surface area contributed by atoms with Crippen LogP contribution in [0, 0.1) is 0 Å². The molecule has 0 saturated heterocycles. The van der Waals surface area contributed by atoms with Crippen molar-refractivity contribution in [1.29, 1.82) is 0 Å². The molecule has 1 heteroatoms. The molecular weight excluding hydrogens is 224 g/mol. The third kappa shape index (κ3) is 5.41. The third-order valence-corrected chi connectivity index (χ3v) is 3.07. The largest absolute Gasteiger partial charge is 0.154 e. The van der Waals surface area contributed by atoms with Gasteiger partial charge in [0.2, 0.25) is 0 Å². The Balaban J connectivity index is 0.000000185. The maximum Gasteiger partial charge on any atom is 0.0113 e. The zero-order chi connectivity index (χ0) is 12.3. The molecule has 88 valence electrons. The lowest BCUT2D eigenvalue weighted by atomic mass is 10.1. The zero-order valence-corrected chi connectivity index (χ0v) is 10.8. The summed E-state index contributed by atoms with van der Waals surface area (Å²) in [5.74, 6) is 2.07. The predicted molar refractivity (Wildman–Crippen MR) is 81.7 cm³/mol. The van der Waals surface area contributed by atoms with Gasteiger partial charge in [-0.25, -0.2) is 0 Å². The smallest absolute Gasteiger partial charge is 0.0113 e. The maximum atomic E-state index is 3.58. The molecule has 0 unspecified atom stereocenters. The van der Waals surface area contributed by atoms with Crippen molar-refractivity contribution in [3.05, 3.63) is 73.8 Å². The first-order valence-electron chi connectivity index (χ1n) is 5.62. The molecule has 2 aromatic carbocycles. The van der Waals surface area contributed by atoms with Crippen molar-refractivity contribution < 1.29 is 0 Å². The van der Waals surface area contributed by atoms with Crippen LogP contribution in [0.15, 0.2) is 73.8 Å². The highest BCUT2D eigenvalue weighted by Crippen LogP contribution is 2.11. The summed E-state index contributed by atoms with van der Waals surface area (Å²) in [5.41, 5.74) is 0. The lowest BCUT2D eigenvalue weighted by Gasteiger charge is -1.92. The molecule has 0 nitrogen and oxygen atoms in total. The van der Waals surface area contributed by atoms with Gasteiger partial charge < -0.3 is 0 Å². The molecule has 0 aliphatic rings. The molecule has 2 rings (SSSR count). The molecule has 0 amide bonds. The summed E-state index contributed by atoms with van der Waals surface area (Å²) >= 11 is 1.82. The van der Waals surface area contributed by atoms with Gasteiger partial charge in [0.15, 0.2) is 0 Å². The third-order valence-electron chi connectivity index (χ3n) is 2.13. The standard InChI is InChI=1S/C10H8.C6H10S/c1-2-6-10-8-4-3-7-9(10)5-1;1-3-5-7-6-4-2/h1-8H;3-4H,1-2,5-6H2. The highest BCUT2D eigenvalue weighted by Gasteiger charge is 1.85. The van der Waals surface area contributed by atoms with Crippen LogP contribution < -0.4 is 0 Å². The minimum Gasteiger partial charge on any atom is -0.154 e. The van der Waals surface area contributed by atoms with E-state index in [1.165, 1.54) is 10.8 Å². The highest BCUT2D eigenvalue weighted by molar-refractivity contribution is 7.99. The predicted octanol–water partition coefficient (Wildman–Crippen LogP) is 4.93. The van der Waals surface area contributed by atoms with Crippen molar-refractivity contribution in [3.63, 3.8) is 0 Å². The van der Waals surface area contributed by atoms with Crippen LogP contribution in [-0.2, 0) is 0 Å². The van der Waals surface area contributed by atoms with Crippen LogP contribution in [0.5, 0.6) is 0 Å². The Morgan fingerprint density at radius 3 is 1.41 bits per heavy atom. The van der Waals surface area contributed by atoms with Crippen LogP contribution in [0.2, 0.25) is 0 Å².